The lowest BCUT2D eigenvalue weighted by atomic mass is 10.0. The number of amides is 3. The van der Waals surface area contributed by atoms with Crippen LogP contribution in [0.2, 0.25) is 0 Å². The lowest BCUT2D eigenvalue weighted by Gasteiger charge is -2.32. The molecule has 3 N–H and O–H groups in total. The van der Waals surface area contributed by atoms with Crippen LogP contribution in [-0.2, 0) is 14.3 Å². The number of carbonyl (C=O) groups excluding carboxylic acids is 3. The average Bonchev–Trinajstić information content (AvgIpc) is 3.57. The van der Waals surface area contributed by atoms with Crippen LogP contribution in [0.4, 0.5) is 10.5 Å². The molecule has 38 heavy (non-hydrogen) atoms. The van der Waals surface area contributed by atoms with E-state index >= 15 is 0 Å². The largest absolute Gasteiger partial charge is 0.508 e. The number of fused-ring (bicyclic) bond motifs is 1. The number of carbonyl (C=O) groups is 3. The van der Waals surface area contributed by atoms with Crippen molar-refractivity contribution in [3.8, 4) is 5.75 Å². The van der Waals surface area contributed by atoms with Gasteiger partial charge in [0.15, 0.2) is 0 Å². The number of phenols is 1. The van der Waals surface area contributed by atoms with E-state index < -0.39 is 23.6 Å². The number of alkyl carbamates (subject to hydrolysis) is 1. The quantitative estimate of drug-likeness (QED) is 0.394. The number of aromatic hydroxyl groups is 1. The van der Waals surface area contributed by atoms with Gasteiger partial charge in [-0.15, -0.1) is 0 Å². The number of anilines is 1. The second-order valence-electron chi connectivity index (χ2n) is 10.9. The van der Waals surface area contributed by atoms with Gasteiger partial charge in [0, 0.05) is 11.7 Å². The summed E-state index contributed by atoms with van der Waals surface area (Å²) < 4.78 is 5.27. The van der Waals surface area contributed by atoms with Crippen LogP contribution in [-0.4, -0.2) is 46.1 Å². The van der Waals surface area contributed by atoms with E-state index in [-0.39, 0.29) is 30.2 Å². The van der Waals surface area contributed by atoms with Crippen molar-refractivity contribution in [2.45, 2.75) is 58.7 Å². The number of phenolic OH excluding ortho intramolecular Hbond substituents is 1. The zero-order valence-corrected chi connectivity index (χ0v) is 22.4. The SMILES string of the molecule is Cc1cc(C(C(=O)Nc2ccc3ccccc3c2)N(C(=O)CNC(=O)OC(C)(C)C)C2CC2C)ccc1O. The lowest BCUT2D eigenvalue weighted by molar-refractivity contribution is -0.139. The van der Waals surface area contributed by atoms with Crippen molar-refractivity contribution in [3.05, 3.63) is 71.8 Å². The molecular weight excluding hydrogens is 482 g/mol. The zero-order valence-electron chi connectivity index (χ0n) is 22.4. The van der Waals surface area contributed by atoms with Crippen molar-refractivity contribution in [2.24, 2.45) is 5.92 Å². The van der Waals surface area contributed by atoms with Crippen LogP contribution in [0.5, 0.6) is 5.75 Å². The first-order chi connectivity index (χ1) is 17.9. The fraction of sp³-hybridized carbons (Fsp3) is 0.367. The molecule has 0 spiro atoms. The Bertz CT molecular complexity index is 1360. The molecule has 1 saturated carbocycles. The number of nitrogens with one attached hydrogen (secondary N) is 2. The molecule has 0 saturated heterocycles. The van der Waals surface area contributed by atoms with Crippen molar-refractivity contribution in [3.63, 3.8) is 0 Å². The molecule has 0 aromatic heterocycles. The van der Waals surface area contributed by atoms with E-state index in [1.54, 1.807) is 44.7 Å². The highest BCUT2D eigenvalue weighted by Crippen LogP contribution is 2.41. The van der Waals surface area contributed by atoms with Gasteiger partial charge in [-0.05, 0) is 86.2 Å². The molecule has 0 radical (unpaired) electrons. The minimum absolute atomic E-state index is 0.103. The number of aryl methyl sites for hydroxylation is 1. The maximum Gasteiger partial charge on any atom is 0.408 e. The van der Waals surface area contributed by atoms with Crippen molar-refractivity contribution in [1.82, 2.24) is 10.2 Å². The second kappa shape index (κ2) is 10.7. The highest BCUT2D eigenvalue weighted by molar-refractivity contribution is 6.00. The van der Waals surface area contributed by atoms with Crippen LogP contribution in [0, 0.1) is 12.8 Å². The monoisotopic (exact) mass is 517 g/mol. The molecule has 3 atom stereocenters. The third kappa shape index (κ3) is 6.43. The van der Waals surface area contributed by atoms with E-state index in [4.69, 9.17) is 4.74 Å². The number of hydrogen-bond acceptors (Lipinski definition) is 5. The molecular formula is C30H35N3O5. The van der Waals surface area contributed by atoms with Crippen LogP contribution in [0.3, 0.4) is 0 Å². The van der Waals surface area contributed by atoms with Gasteiger partial charge in [0.1, 0.15) is 23.9 Å². The van der Waals surface area contributed by atoms with E-state index in [0.29, 0.717) is 16.8 Å². The summed E-state index contributed by atoms with van der Waals surface area (Å²) in [5, 5.41) is 17.7. The van der Waals surface area contributed by atoms with E-state index in [2.05, 4.69) is 10.6 Å². The summed E-state index contributed by atoms with van der Waals surface area (Å²) in [7, 11) is 0. The topological polar surface area (TPSA) is 108 Å². The average molecular weight is 518 g/mol. The Morgan fingerprint density at radius 2 is 1.74 bits per heavy atom. The number of nitrogens with zero attached hydrogens (tertiary/aromatic N) is 1. The molecule has 8 heteroatoms. The number of hydrogen-bond donors (Lipinski definition) is 3. The highest BCUT2D eigenvalue weighted by Gasteiger charge is 2.46. The van der Waals surface area contributed by atoms with Crippen molar-refractivity contribution < 1.29 is 24.2 Å². The molecule has 3 aromatic carbocycles. The Morgan fingerprint density at radius 3 is 2.37 bits per heavy atom. The summed E-state index contributed by atoms with van der Waals surface area (Å²) >= 11 is 0. The number of ether oxygens (including phenoxy) is 1. The smallest absolute Gasteiger partial charge is 0.408 e. The molecule has 1 aliphatic rings. The molecule has 1 fully saturated rings. The fourth-order valence-electron chi connectivity index (χ4n) is 4.53. The third-order valence-corrected chi connectivity index (χ3v) is 6.58. The first-order valence-electron chi connectivity index (χ1n) is 12.8. The summed E-state index contributed by atoms with van der Waals surface area (Å²) in [5.74, 6) is -0.467. The van der Waals surface area contributed by atoms with Crippen LogP contribution in [0.15, 0.2) is 60.7 Å². The van der Waals surface area contributed by atoms with Crippen LogP contribution in [0.25, 0.3) is 10.8 Å². The Morgan fingerprint density at radius 1 is 1.05 bits per heavy atom. The van der Waals surface area contributed by atoms with Gasteiger partial charge in [-0.3, -0.25) is 9.59 Å². The predicted molar refractivity (Wildman–Crippen MR) is 147 cm³/mol. The van der Waals surface area contributed by atoms with Gasteiger partial charge in [-0.25, -0.2) is 4.79 Å². The van der Waals surface area contributed by atoms with Crippen molar-refractivity contribution in [2.75, 3.05) is 11.9 Å². The van der Waals surface area contributed by atoms with Gasteiger partial charge in [-0.2, -0.15) is 0 Å². The van der Waals surface area contributed by atoms with Crippen LogP contribution in [0.1, 0.15) is 51.3 Å². The van der Waals surface area contributed by atoms with Gasteiger partial charge < -0.3 is 25.4 Å². The second-order valence-corrected chi connectivity index (χ2v) is 10.9. The van der Waals surface area contributed by atoms with Gasteiger partial charge in [0.25, 0.3) is 5.91 Å². The van der Waals surface area contributed by atoms with E-state index in [9.17, 15) is 19.5 Å². The number of benzene rings is 3. The molecule has 0 heterocycles. The molecule has 3 aromatic rings. The molecule has 0 aliphatic heterocycles. The predicted octanol–water partition coefficient (Wildman–Crippen LogP) is 5.30. The normalized spacial score (nSPS) is 17.4. The summed E-state index contributed by atoms with van der Waals surface area (Å²) in [4.78, 5) is 41.2. The molecule has 4 rings (SSSR count). The van der Waals surface area contributed by atoms with Gasteiger partial charge in [-0.1, -0.05) is 43.3 Å². The summed E-state index contributed by atoms with van der Waals surface area (Å²) in [5.41, 5.74) is 1.07. The summed E-state index contributed by atoms with van der Waals surface area (Å²) in [6, 6.07) is 17.3. The van der Waals surface area contributed by atoms with Crippen molar-refractivity contribution >= 4 is 34.4 Å². The van der Waals surface area contributed by atoms with Crippen molar-refractivity contribution in [1.29, 1.82) is 0 Å². The third-order valence-electron chi connectivity index (χ3n) is 6.58. The Hall–Kier alpha value is -4.07. The van der Waals surface area contributed by atoms with Gasteiger partial charge in [0.2, 0.25) is 5.91 Å². The van der Waals surface area contributed by atoms with Crippen LogP contribution < -0.4 is 10.6 Å². The highest BCUT2D eigenvalue weighted by atomic mass is 16.6. The van der Waals surface area contributed by atoms with Gasteiger partial charge >= 0.3 is 6.09 Å². The van der Waals surface area contributed by atoms with E-state index in [1.165, 1.54) is 6.07 Å². The minimum Gasteiger partial charge on any atom is -0.508 e. The molecule has 0 bridgehead atoms. The molecule has 3 amide bonds. The standard InChI is InChI=1S/C30H35N3O5/c1-18-15-24(18)33(26(35)17-31-29(37)38-30(3,4)5)27(22-11-13-25(34)19(2)14-22)28(36)32-23-12-10-20-8-6-7-9-21(20)16-23/h6-14,16,18,24,27,34H,15,17H2,1-5H3,(H,31,37)(H,32,36). The molecule has 3 unspecified atom stereocenters. The first kappa shape index (κ1) is 27.0. The van der Waals surface area contributed by atoms with E-state index in [0.717, 1.165) is 17.2 Å². The Kier molecular flexibility index (Phi) is 7.62. The zero-order chi connectivity index (χ0) is 27.6. The lowest BCUT2D eigenvalue weighted by Crippen LogP contribution is -2.48. The van der Waals surface area contributed by atoms with Crippen LogP contribution >= 0.6 is 0 Å². The first-order valence-corrected chi connectivity index (χ1v) is 12.8. The Balaban J connectivity index is 1.65. The summed E-state index contributed by atoms with van der Waals surface area (Å²) in [6.45, 7) is 8.68. The maximum absolute atomic E-state index is 13.9. The number of rotatable bonds is 7. The van der Waals surface area contributed by atoms with Gasteiger partial charge in [0.05, 0.1) is 0 Å². The van der Waals surface area contributed by atoms with E-state index in [1.807, 2.05) is 49.4 Å². The molecule has 1 aliphatic carbocycles. The summed E-state index contributed by atoms with van der Waals surface area (Å²) in [6.07, 6.45) is 0.0435. The maximum atomic E-state index is 13.9. The minimum atomic E-state index is -0.969. The Labute approximate surface area is 223 Å². The fourth-order valence-corrected chi connectivity index (χ4v) is 4.53. The molecule has 200 valence electrons. The molecule has 8 nitrogen and oxygen atoms in total.